The topological polar surface area (TPSA) is 32.3 Å². The lowest BCUT2D eigenvalue weighted by Gasteiger charge is -2.21. The van der Waals surface area contributed by atoms with E-state index in [9.17, 15) is 4.79 Å². The fourth-order valence-electron chi connectivity index (χ4n) is 1.65. The number of halogens is 2. The van der Waals surface area contributed by atoms with Gasteiger partial charge in [0.2, 0.25) is 5.91 Å². The fourth-order valence-corrected chi connectivity index (χ4v) is 2.17. The third kappa shape index (κ3) is 5.53. The summed E-state index contributed by atoms with van der Waals surface area (Å²) in [5.74, 6) is 0.0154. The van der Waals surface area contributed by atoms with Gasteiger partial charge in [-0.3, -0.25) is 4.79 Å². The van der Waals surface area contributed by atoms with E-state index in [1.807, 2.05) is 13.8 Å². The summed E-state index contributed by atoms with van der Waals surface area (Å²) < 4.78 is 0. The van der Waals surface area contributed by atoms with Gasteiger partial charge in [-0.2, -0.15) is 0 Å². The van der Waals surface area contributed by atoms with Crippen LogP contribution in [0.3, 0.4) is 0 Å². The number of carbonyl (C=O) groups excluding carboxylic acids is 1. The molecule has 0 heterocycles. The van der Waals surface area contributed by atoms with Crippen LogP contribution in [0.25, 0.3) is 0 Å². The number of hydrogen-bond acceptors (Lipinski definition) is 2. The summed E-state index contributed by atoms with van der Waals surface area (Å²) in [7, 11) is 0. The molecule has 0 saturated heterocycles. The molecular formula is C14H18Cl2N2O. The van der Waals surface area contributed by atoms with Crippen molar-refractivity contribution in [1.29, 1.82) is 0 Å². The van der Waals surface area contributed by atoms with E-state index < -0.39 is 0 Å². The molecule has 104 valence electrons. The van der Waals surface area contributed by atoms with E-state index in [1.54, 1.807) is 23.1 Å². The fraction of sp³-hybridized carbons (Fsp3) is 0.357. The molecule has 0 aromatic heterocycles. The summed E-state index contributed by atoms with van der Waals surface area (Å²) in [6.07, 6.45) is 0. The van der Waals surface area contributed by atoms with Crippen LogP contribution >= 0.6 is 23.2 Å². The number of anilines is 1. The second-order valence-electron chi connectivity index (χ2n) is 4.38. The van der Waals surface area contributed by atoms with Crippen molar-refractivity contribution in [3.63, 3.8) is 0 Å². The first kappa shape index (κ1) is 15.9. The predicted octanol–water partition coefficient (Wildman–Crippen LogP) is 3.83. The molecule has 0 radical (unpaired) electrons. The number of carbonyl (C=O) groups is 1. The number of likely N-dealkylation sites (N-methyl/N-ethyl adjacent to an activating group) is 1. The summed E-state index contributed by atoms with van der Waals surface area (Å²) in [4.78, 5) is 13.7. The average molecular weight is 301 g/mol. The monoisotopic (exact) mass is 300 g/mol. The molecule has 0 aliphatic heterocycles. The molecule has 0 atom stereocenters. The van der Waals surface area contributed by atoms with Gasteiger partial charge in [-0.15, -0.1) is 0 Å². The zero-order valence-corrected chi connectivity index (χ0v) is 12.7. The molecule has 19 heavy (non-hydrogen) atoms. The Kier molecular flexibility index (Phi) is 6.19. The molecule has 0 fully saturated rings. The largest absolute Gasteiger partial charge is 0.376 e. The van der Waals surface area contributed by atoms with Crippen molar-refractivity contribution in [2.45, 2.75) is 13.8 Å². The lowest BCUT2D eigenvalue weighted by molar-refractivity contribution is -0.128. The minimum atomic E-state index is 0.0154. The minimum absolute atomic E-state index is 0.0154. The molecule has 0 aliphatic carbocycles. The van der Waals surface area contributed by atoms with Gasteiger partial charge in [0.25, 0.3) is 0 Å². The first-order valence-electron chi connectivity index (χ1n) is 6.04. The number of nitrogens with one attached hydrogen (secondary N) is 1. The molecule has 0 spiro atoms. The Labute approximate surface area is 124 Å². The van der Waals surface area contributed by atoms with E-state index in [-0.39, 0.29) is 12.5 Å². The lowest BCUT2D eigenvalue weighted by Crippen LogP contribution is -2.36. The summed E-state index contributed by atoms with van der Waals surface area (Å²) in [6, 6.07) is 5.11. The normalized spacial score (nSPS) is 10.1. The Bertz CT molecular complexity index is 454. The molecule has 0 bridgehead atoms. The highest BCUT2D eigenvalue weighted by Gasteiger charge is 2.11. The molecule has 1 rings (SSSR count). The highest BCUT2D eigenvalue weighted by molar-refractivity contribution is 6.35. The van der Waals surface area contributed by atoms with Crippen molar-refractivity contribution in [3.8, 4) is 0 Å². The number of hydrogen-bond donors (Lipinski definition) is 1. The standard InChI is InChI=1S/C14H18Cl2N2O/c1-4-18(9-10(2)3)14(19)8-17-13-6-11(15)5-12(16)7-13/h5-7,17H,2,4,8-9H2,1,3H3. The van der Waals surface area contributed by atoms with Gasteiger partial charge in [-0.1, -0.05) is 35.4 Å². The highest BCUT2D eigenvalue weighted by atomic mass is 35.5. The second kappa shape index (κ2) is 7.41. The van der Waals surface area contributed by atoms with Gasteiger partial charge < -0.3 is 10.2 Å². The maximum absolute atomic E-state index is 12.0. The van der Waals surface area contributed by atoms with Gasteiger partial charge in [-0.05, 0) is 32.0 Å². The van der Waals surface area contributed by atoms with Crippen LogP contribution in [0, 0.1) is 0 Å². The van der Waals surface area contributed by atoms with Crippen LogP contribution in [0.5, 0.6) is 0 Å². The quantitative estimate of drug-likeness (QED) is 0.810. The summed E-state index contributed by atoms with van der Waals surface area (Å²) in [5.41, 5.74) is 1.69. The van der Waals surface area contributed by atoms with Crippen LogP contribution in [0.15, 0.2) is 30.4 Å². The maximum atomic E-state index is 12.0. The molecule has 1 N–H and O–H groups in total. The summed E-state index contributed by atoms with van der Waals surface area (Å²) in [5, 5.41) is 4.10. The van der Waals surface area contributed by atoms with Crippen molar-refractivity contribution in [2.75, 3.05) is 25.0 Å². The molecule has 3 nitrogen and oxygen atoms in total. The van der Waals surface area contributed by atoms with E-state index in [1.165, 1.54) is 0 Å². The van der Waals surface area contributed by atoms with E-state index >= 15 is 0 Å². The Morgan fingerprint density at radius 2 is 1.89 bits per heavy atom. The smallest absolute Gasteiger partial charge is 0.242 e. The minimum Gasteiger partial charge on any atom is -0.376 e. The van der Waals surface area contributed by atoms with Crippen LogP contribution in [0.1, 0.15) is 13.8 Å². The second-order valence-corrected chi connectivity index (χ2v) is 5.25. The Balaban J connectivity index is 2.59. The van der Waals surface area contributed by atoms with Crippen molar-refractivity contribution < 1.29 is 4.79 Å². The van der Waals surface area contributed by atoms with Crippen molar-refractivity contribution in [2.24, 2.45) is 0 Å². The Hall–Kier alpha value is -1.19. The van der Waals surface area contributed by atoms with Gasteiger partial charge in [-0.25, -0.2) is 0 Å². The Morgan fingerprint density at radius 1 is 1.32 bits per heavy atom. The average Bonchev–Trinajstić information content (AvgIpc) is 2.31. The number of rotatable bonds is 6. The molecule has 5 heteroatoms. The van der Waals surface area contributed by atoms with Gasteiger partial charge in [0, 0.05) is 28.8 Å². The zero-order chi connectivity index (χ0) is 14.4. The molecule has 0 saturated carbocycles. The number of benzene rings is 1. The van der Waals surface area contributed by atoms with E-state index in [2.05, 4.69) is 11.9 Å². The van der Waals surface area contributed by atoms with Crippen LogP contribution < -0.4 is 5.32 Å². The zero-order valence-electron chi connectivity index (χ0n) is 11.2. The SMILES string of the molecule is C=C(C)CN(CC)C(=O)CNc1cc(Cl)cc(Cl)c1. The van der Waals surface area contributed by atoms with E-state index in [0.29, 0.717) is 23.1 Å². The highest BCUT2D eigenvalue weighted by Crippen LogP contribution is 2.22. The first-order chi connectivity index (χ1) is 8.92. The van der Waals surface area contributed by atoms with E-state index in [0.717, 1.165) is 11.3 Å². The van der Waals surface area contributed by atoms with Gasteiger partial charge in [0.05, 0.1) is 6.54 Å². The molecular weight excluding hydrogens is 283 g/mol. The van der Waals surface area contributed by atoms with Crippen LogP contribution in [-0.2, 0) is 4.79 Å². The van der Waals surface area contributed by atoms with Crippen LogP contribution in [0.4, 0.5) is 5.69 Å². The van der Waals surface area contributed by atoms with Crippen molar-refractivity contribution >= 4 is 34.8 Å². The summed E-state index contributed by atoms with van der Waals surface area (Å²) >= 11 is 11.8. The molecule has 0 aliphatic rings. The van der Waals surface area contributed by atoms with Gasteiger partial charge in [0.15, 0.2) is 0 Å². The summed E-state index contributed by atoms with van der Waals surface area (Å²) in [6.45, 7) is 9.10. The van der Waals surface area contributed by atoms with Gasteiger partial charge >= 0.3 is 0 Å². The van der Waals surface area contributed by atoms with Crippen molar-refractivity contribution in [1.82, 2.24) is 4.90 Å². The van der Waals surface area contributed by atoms with Crippen LogP contribution in [0.2, 0.25) is 10.0 Å². The molecule has 1 aromatic rings. The third-order valence-electron chi connectivity index (χ3n) is 2.50. The van der Waals surface area contributed by atoms with Crippen LogP contribution in [-0.4, -0.2) is 30.4 Å². The maximum Gasteiger partial charge on any atom is 0.242 e. The van der Waals surface area contributed by atoms with Gasteiger partial charge in [0.1, 0.15) is 0 Å². The van der Waals surface area contributed by atoms with E-state index in [4.69, 9.17) is 23.2 Å². The predicted molar refractivity (Wildman–Crippen MR) is 82.0 cm³/mol. The molecule has 1 aromatic carbocycles. The Morgan fingerprint density at radius 3 is 2.37 bits per heavy atom. The molecule has 1 amide bonds. The lowest BCUT2D eigenvalue weighted by atomic mass is 10.3. The number of nitrogens with zero attached hydrogens (tertiary/aromatic N) is 1. The molecule has 0 unspecified atom stereocenters. The van der Waals surface area contributed by atoms with Crippen molar-refractivity contribution in [3.05, 3.63) is 40.4 Å². The first-order valence-corrected chi connectivity index (χ1v) is 6.80. The third-order valence-corrected chi connectivity index (χ3v) is 2.94. The number of amides is 1.